The molecule has 3 nitrogen and oxygen atoms in total. The predicted octanol–water partition coefficient (Wildman–Crippen LogP) is 6.03. The van der Waals surface area contributed by atoms with Crippen molar-refractivity contribution in [3.05, 3.63) is 131 Å². The smallest absolute Gasteiger partial charge is 0.177 e. The Kier molecular flexibility index (Phi) is 4.49. The lowest BCUT2D eigenvalue weighted by Gasteiger charge is -2.37. The van der Waals surface area contributed by atoms with Crippen molar-refractivity contribution in [2.24, 2.45) is 0 Å². The summed E-state index contributed by atoms with van der Waals surface area (Å²) in [6.07, 6.45) is 3.69. The molecule has 0 spiro atoms. The maximum Gasteiger partial charge on any atom is 0.177 e. The lowest BCUT2D eigenvalue weighted by molar-refractivity contribution is 0.529. The fraction of sp³-hybridized carbons (Fsp3) is 0.0400. The molecule has 5 rings (SSSR count). The summed E-state index contributed by atoms with van der Waals surface area (Å²) in [6.45, 7) is 0. The highest BCUT2D eigenvalue weighted by molar-refractivity contribution is 9.10. The Hall–Kier alpha value is -3.24. The number of imidazole rings is 1. The molecule has 0 bridgehead atoms. The largest absolute Gasteiger partial charge is 0.310 e. The van der Waals surface area contributed by atoms with E-state index in [2.05, 4.69) is 128 Å². The van der Waals surface area contributed by atoms with E-state index in [0.717, 1.165) is 32.3 Å². The van der Waals surface area contributed by atoms with E-state index in [4.69, 9.17) is 0 Å². The van der Waals surface area contributed by atoms with E-state index in [1.807, 2.05) is 6.33 Å². The predicted molar refractivity (Wildman–Crippen MR) is 120 cm³/mol. The van der Waals surface area contributed by atoms with Crippen LogP contribution in [0, 0.1) is 0 Å². The third kappa shape index (κ3) is 2.88. The van der Waals surface area contributed by atoms with Gasteiger partial charge in [-0.25, -0.2) is 9.97 Å². The van der Waals surface area contributed by atoms with Crippen molar-refractivity contribution in [1.29, 1.82) is 0 Å². The molecule has 3 aromatic carbocycles. The van der Waals surface area contributed by atoms with E-state index < -0.39 is 5.54 Å². The summed E-state index contributed by atoms with van der Waals surface area (Å²) in [7, 11) is 0. The maximum absolute atomic E-state index is 4.63. The molecule has 2 aromatic heterocycles. The topological polar surface area (TPSA) is 30.7 Å². The van der Waals surface area contributed by atoms with E-state index in [1.165, 1.54) is 0 Å². The fourth-order valence-electron chi connectivity index (χ4n) is 4.10. The van der Waals surface area contributed by atoms with E-state index >= 15 is 0 Å². The molecule has 0 saturated heterocycles. The standard InChI is InChI=1S/C25H18BrN3/c26-22-16-23-24(27-17-22)28-18-29(23)25(19-10-4-1-5-11-19,20-12-6-2-7-13-20)21-14-8-3-9-15-21/h1-18H. The van der Waals surface area contributed by atoms with Gasteiger partial charge < -0.3 is 4.57 Å². The Balaban J connectivity index is 1.97. The van der Waals surface area contributed by atoms with Crippen molar-refractivity contribution in [1.82, 2.24) is 14.5 Å². The van der Waals surface area contributed by atoms with Crippen molar-refractivity contribution in [2.45, 2.75) is 5.54 Å². The summed E-state index contributed by atoms with van der Waals surface area (Å²) in [5.74, 6) is 0. The third-order valence-corrected chi connectivity index (χ3v) is 5.74. The van der Waals surface area contributed by atoms with E-state index in [1.54, 1.807) is 6.20 Å². The Morgan fingerprint density at radius 1 is 0.655 bits per heavy atom. The van der Waals surface area contributed by atoms with Gasteiger partial charge >= 0.3 is 0 Å². The van der Waals surface area contributed by atoms with Gasteiger partial charge in [-0.05, 0) is 38.7 Å². The Morgan fingerprint density at radius 2 is 1.14 bits per heavy atom. The van der Waals surface area contributed by atoms with Gasteiger partial charge in [0.25, 0.3) is 0 Å². The molecule has 0 amide bonds. The van der Waals surface area contributed by atoms with Crippen LogP contribution in [0.3, 0.4) is 0 Å². The van der Waals surface area contributed by atoms with Gasteiger partial charge in [0, 0.05) is 10.7 Å². The zero-order valence-electron chi connectivity index (χ0n) is 15.6. The molecule has 0 radical (unpaired) electrons. The van der Waals surface area contributed by atoms with Gasteiger partial charge in [-0.3, -0.25) is 0 Å². The Labute approximate surface area is 177 Å². The molecule has 4 heteroatoms. The summed E-state index contributed by atoms with van der Waals surface area (Å²) in [4.78, 5) is 9.15. The van der Waals surface area contributed by atoms with Gasteiger partial charge in [-0.1, -0.05) is 91.0 Å². The van der Waals surface area contributed by atoms with Gasteiger partial charge in [-0.2, -0.15) is 0 Å². The number of fused-ring (bicyclic) bond motifs is 1. The molecule has 0 aliphatic carbocycles. The van der Waals surface area contributed by atoms with E-state index in [0.29, 0.717) is 0 Å². The summed E-state index contributed by atoms with van der Waals surface area (Å²) in [6, 6.07) is 33.8. The van der Waals surface area contributed by atoms with E-state index in [-0.39, 0.29) is 0 Å². The molecular formula is C25H18BrN3. The van der Waals surface area contributed by atoms with Crippen LogP contribution >= 0.6 is 15.9 Å². The minimum Gasteiger partial charge on any atom is -0.310 e. The number of benzene rings is 3. The van der Waals surface area contributed by atoms with Crippen molar-refractivity contribution in [2.75, 3.05) is 0 Å². The molecule has 2 heterocycles. The molecular weight excluding hydrogens is 422 g/mol. The Morgan fingerprint density at radius 3 is 1.62 bits per heavy atom. The molecule has 0 aliphatic heterocycles. The average Bonchev–Trinajstić information content (AvgIpc) is 3.20. The van der Waals surface area contributed by atoms with Gasteiger partial charge in [0.05, 0.1) is 11.8 Å². The minimum absolute atomic E-state index is 0.582. The van der Waals surface area contributed by atoms with Crippen LogP contribution in [0.25, 0.3) is 11.2 Å². The molecule has 0 N–H and O–H groups in total. The number of rotatable bonds is 4. The van der Waals surface area contributed by atoms with Crippen molar-refractivity contribution < 1.29 is 0 Å². The molecule has 0 fully saturated rings. The molecule has 0 atom stereocenters. The fourth-order valence-corrected chi connectivity index (χ4v) is 4.41. The quantitative estimate of drug-likeness (QED) is 0.320. The lowest BCUT2D eigenvalue weighted by Crippen LogP contribution is -2.37. The highest BCUT2D eigenvalue weighted by Crippen LogP contribution is 2.42. The molecule has 29 heavy (non-hydrogen) atoms. The molecule has 140 valence electrons. The van der Waals surface area contributed by atoms with Crippen LogP contribution in [0.15, 0.2) is 114 Å². The van der Waals surface area contributed by atoms with Crippen LogP contribution in [-0.2, 0) is 5.54 Å². The number of aromatic nitrogens is 3. The summed E-state index contributed by atoms with van der Waals surface area (Å²) in [5.41, 5.74) is 4.60. The van der Waals surface area contributed by atoms with Crippen LogP contribution in [0.1, 0.15) is 16.7 Å². The number of hydrogen-bond donors (Lipinski definition) is 0. The Bertz CT molecular complexity index is 1150. The summed E-state index contributed by atoms with van der Waals surface area (Å²) in [5, 5.41) is 0. The number of hydrogen-bond acceptors (Lipinski definition) is 2. The number of pyridine rings is 1. The zero-order valence-corrected chi connectivity index (χ0v) is 17.2. The first-order valence-electron chi connectivity index (χ1n) is 9.46. The second-order valence-corrected chi connectivity index (χ2v) is 7.84. The minimum atomic E-state index is -0.582. The molecule has 0 unspecified atom stereocenters. The van der Waals surface area contributed by atoms with Crippen LogP contribution in [-0.4, -0.2) is 14.5 Å². The maximum atomic E-state index is 4.63. The lowest BCUT2D eigenvalue weighted by atomic mass is 9.76. The van der Waals surface area contributed by atoms with Crippen LogP contribution in [0.5, 0.6) is 0 Å². The third-order valence-electron chi connectivity index (χ3n) is 5.30. The molecule has 5 aromatic rings. The van der Waals surface area contributed by atoms with Gasteiger partial charge in [-0.15, -0.1) is 0 Å². The normalized spacial score (nSPS) is 11.6. The summed E-state index contributed by atoms with van der Waals surface area (Å²) < 4.78 is 3.16. The van der Waals surface area contributed by atoms with Crippen molar-refractivity contribution in [3.63, 3.8) is 0 Å². The second-order valence-electron chi connectivity index (χ2n) is 6.92. The first kappa shape index (κ1) is 17.8. The second kappa shape index (κ2) is 7.30. The zero-order chi connectivity index (χ0) is 19.7. The van der Waals surface area contributed by atoms with Crippen molar-refractivity contribution in [3.8, 4) is 0 Å². The van der Waals surface area contributed by atoms with Crippen molar-refractivity contribution >= 4 is 27.1 Å². The monoisotopic (exact) mass is 439 g/mol. The van der Waals surface area contributed by atoms with Crippen LogP contribution < -0.4 is 0 Å². The van der Waals surface area contributed by atoms with Gasteiger partial charge in [0.15, 0.2) is 5.65 Å². The van der Waals surface area contributed by atoms with Crippen LogP contribution in [0.2, 0.25) is 0 Å². The van der Waals surface area contributed by atoms with E-state index in [9.17, 15) is 0 Å². The highest BCUT2D eigenvalue weighted by Gasteiger charge is 2.39. The molecule has 0 aliphatic rings. The first-order valence-corrected chi connectivity index (χ1v) is 10.2. The average molecular weight is 440 g/mol. The van der Waals surface area contributed by atoms with Crippen LogP contribution in [0.4, 0.5) is 0 Å². The summed E-state index contributed by atoms with van der Waals surface area (Å²) >= 11 is 3.58. The van der Waals surface area contributed by atoms with Gasteiger partial charge in [0.1, 0.15) is 5.54 Å². The highest BCUT2D eigenvalue weighted by atomic mass is 79.9. The first-order chi connectivity index (χ1) is 14.3. The number of halogens is 1. The molecule has 0 saturated carbocycles. The van der Waals surface area contributed by atoms with Gasteiger partial charge in [0.2, 0.25) is 0 Å². The number of nitrogens with zero attached hydrogens (tertiary/aromatic N) is 3. The SMILES string of the molecule is Brc1cnc2ncn(C(c3ccccc3)(c3ccccc3)c3ccccc3)c2c1.